The molecular formula is C21H28O2S. The van der Waals surface area contributed by atoms with Crippen LogP contribution in [0.15, 0.2) is 34.8 Å². The number of hydrogen-bond donors (Lipinski definition) is 1. The average molecular weight is 345 g/mol. The molecule has 2 nitrogen and oxygen atoms in total. The molecule has 1 N–H and O–H groups in total. The van der Waals surface area contributed by atoms with Gasteiger partial charge in [-0.1, -0.05) is 38.5 Å². The summed E-state index contributed by atoms with van der Waals surface area (Å²) in [5, 5.41) is 11.2. The van der Waals surface area contributed by atoms with E-state index in [1.54, 1.807) is 6.08 Å². The van der Waals surface area contributed by atoms with Crippen molar-refractivity contribution in [2.45, 2.75) is 52.6 Å². The highest BCUT2D eigenvalue weighted by Gasteiger charge is 2.59. The van der Waals surface area contributed by atoms with E-state index in [1.807, 2.05) is 17.8 Å². The molecule has 0 bridgehead atoms. The molecule has 0 aromatic rings. The molecule has 0 heterocycles. The fourth-order valence-corrected chi connectivity index (χ4v) is 7.33. The van der Waals surface area contributed by atoms with E-state index < -0.39 is 0 Å². The Labute approximate surface area is 149 Å². The van der Waals surface area contributed by atoms with Crippen molar-refractivity contribution in [3.8, 4) is 0 Å². The Bertz CT molecular complexity index is 661. The molecule has 0 spiro atoms. The van der Waals surface area contributed by atoms with Gasteiger partial charge in [0.2, 0.25) is 0 Å². The minimum Gasteiger partial charge on any atom is -0.393 e. The lowest BCUT2D eigenvalue weighted by molar-refractivity contribution is -0.112. The van der Waals surface area contributed by atoms with Crippen LogP contribution in [-0.2, 0) is 4.79 Å². The molecule has 24 heavy (non-hydrogen) atoms. The van der Waals surface area contributed by atoms with Gasteiger partial charge in [-0.05, 0) is 60.3 Å². The second-order valence-electron chi connectivity index (χ2n) is 8.45. The minimum absolute atomic E-state index is 0.111. The van der Waals surface area contributed by atoms with Crippen molar-refractivity contribution in [2.24, 2.45) is 28.6 Å². The maximum Gasteiger partial charge on any atom is 0.178 e. The molecule has 4 aliphatic rings. The number of thioether (sulfide) groups is 1. The Morgan fingerprint density at radius 2 is 2.17 bits per heavy atom. The number of ketones is 1. The van der Waals surface area contributed by atoms with Crippen LogP contribution in [0, 0.1) is 28.6 Å². The second kappa shape index (κ2) is 5.60. The summed E-state index contributed by atoms with van der Waals surface area (Å²) in [6.07, 6.45) is 11.9. The summed E-state index contributed by atoms with van der Waals surface area (Å²) in [5.74, 6) is 2.65. The zero-order valence-electron chi connectivity index (χ0n) is 14.9. The molecule has 2 fully saturated rings. The molecule has 4 rings (SSSR count). The standard InChI is InChI=1S/C21H28O2S/c1-4-24-18-8-7-16-15-6-5-13-11-14(22)9-10-20(13,2)19(15)17(23)12-21(16,18)3/h8-11,15-17,19,23H,4-7,12H2,1-3H3/t15-,16-,17-,19+,20-,21-/m0/s1. The van der Waals surface area contributed by atoms with Crippen molar-refractivity contribution in [3.05, 3.63) is 34.8 Å². The number of fused-ring (bicyclic) bond motifs is 5. The summed E-state index contributed by atoms with van der Waals surface area (Å²) < 4.78 is 0. The third-order valence-electron chi connectivity index (χ3n) is 7.31. The van der Waals surface area contributed by atoms with Crippen LogP contribution in [0.1, 0.15) is 46.5 Å². The van der Waals surface area contributed by atoms with E-state index in [0.717, 1.165) is 31.4 Å². The number of aliphatic hydroxyl groups excluding tert-OH is 1. The van der Waals surface area contributed by atoms with Gasteiger partial charge in [0.05, 0.1) is 6.10 Å². The quantitative estimate of drug-likeness (QED) is 0.801. The third kappa shape index (κ3) is 2.17. The number of carbonyl (C=O) groups excluding carboxylic acids is 1. The maximum absolute atomic E-state index is 11.8. The first-order valence-electron chi connectivity index (χ1n) is 9.36. The highest BCUT2D eigenvalue weighted by molar-refractivity contribution is 8.03. The van der Waals surface area contributed by atoms with E-state index in [2.05, 4.69) is 32.9 Å². The molecule has 130 valence electrons. The van der Waals surface area contributed by atoms with Crippen LogP contribution < -0.4 is 0 Å². The van der Waals surface area contributed by atoms with Crippen molar-refractivity contribution < 1.29 is 9.90 Å². The fraction of sp³-hybridized carbons (Fsp3) is 0.667. The first kappa shape index (κ1) is 16.7. The molecule has 2 saturated carbocycles. The lowest BCUT2D eigenvalue weighted by Crippen LogP contribution is -2.55. The van der Waals surface area contributed by atoms with Crippen LogP contribution in [0.5, 0.6) is 0 Å². The summed E-state index contributed by atoms with van der Waals surface area (Å²) >= 11 is 1.97. The monoisotopic (exact) mass is 344 g/mol. The summed E-state index contributed by atoms with van der Waals surface area (Å²) in [6.45, 7) is 6.84. The molecule has 0 aromatic carbocycles. The first-order valence-corrected chi connectivity index (χ1v) is 10.3. The Morgan fingerprint density at radius 3 is 2.92 bits per heavy atom. The van der Waals surface area contributed by atoms with E-state index in [-0.39, 0.29) is 28.6 Å². The summed E-state index contributed by atoms with van der Waals surface area (Å²) in [4.78, 5) is 13.3. The molecule has 0 radical (unpaired) electrons. The Morgan fingerprint density at radius 1 is 1.38 bits per heavy atom. The largest absolute Gasteiger partial charge is 0.393 e. The normalized spacial score (nSPS) is 46.8. The zero-order chi connectivity index (χ0) is 17.1. The van der Waals surface area contributed by atoms with Crippen LogP contribution >= 0.6 is 11.8 Å². The Balaban J connectivity index is 1.71. The predicted octanol–water partition coefficient (Wildman–Crippen LogP) is 4.51. The maximum atomic E-state index is 11.8. The summed E-state index contributed by atoms with van der Waals surface area (Å²) in [6, 6.07) is 0. The summed E-state index contributed by atoms with van der Waals surface area (Å²) in [5.41, 5.74) is 1.25. The molecule has 0 saturated heterocycles. The van der Waals surface area contributed by atoms with Crippen LogP contribution in [0.4, 0.5) is 0 Å². The van der Waals surface area contributed by atoms with Gasteiger partial charge in [-0.15, -0.1) is 11.8 Å². The number of rotatable bonds is 2. The van der Waals surface area contributed by atoms with Crippen molar-refractivity contribution in [3.63, 3.8) is 0 Å². The fourth-order valence-electron chi connectivity index (χ4n) is 6.24. The molecule has 6 atom stereocenters. The smallest absolute Gasteiger partial charge is 0.178 e. The predicted molar refractivity (Wildman–Crippen MR) is 99.6 cm³/mol. The van der Waals surface area contributed by atoms with Crippen LogP contribution in [-0.4, -0.2) is 22.7 Å². The molecule has 0 aromatic heterocycles. The van der Waals surface area contributed by atoms with Gasteiger partial charge in [-0.25, -0.2) is 0 Å². The zero-order valence-corrected chi connectivity index (χ0v) is 15.7. The molecule has 4 aliphatic carbocycles. The van der Waals surface area contributed by atoms with Gasteiger partial charge in [0, 0.05) is 16.7 Å². The average Bonchev–Trinajstić information content (AvgIpc) is 2.84. The van der Waals surface area contributed by atoms with E-state index in [0.29, 0.717) is 11.8 Å². The number of allylic oxidation sites excluding steroid dienone is 6. The highest BCUT2D eigenvalue weighted by Crippen LogP contribution is 2.65. The lowest BCUT2D eigenvalue weighted by Gasteiger charge is -2.58. The Hall–Kier alpha value is -0.800. The van der Waals surface area contributed by atoms with Gasteiger partial charge in [0.15, 0.2) is 5.78 Å². The van der Waals surface area contributed by atoms with Crippen LogP contribution in [0.25, 0.3) is 0 Å². The van der Waals surface area contributed by atoms with Crippen molar-refractivity contribution in [1.82, 2.24) is 0 Å². The van der Waals surface area contributed by atoms with Gasteiger partial charge in [-0.3, -0.25) is 4.79 Å². The van der Waals surface area contributed by atoms with E-state index >= 15 is 0 Å². The van der Waals surface area contributed by atoms with E-state index in [1.165, 1.54) is 10.5 Å². The van der Waals surface area contributed by atoms with Crippen molar-refractivity contribution >= 4 is 17.5 Å². The molecule has 3 heteroatoms. The number of aliphatic hydroxyl groups is 1. The highest BCUT2D eigenvalue weighted by atomic mass is 32.2. The van der Waals surface area contributed by atoms with Gasteiger partial charge >= 0.3 is 0 Å². The van der Waals surface area contributed by atoms with Crippen LogP contribution in [0.3, 0.4) is 0 Å². The minimum atomic E-state index is -0.290. The third-order valence-corrected chi connectivity index (χ3v) is 8.54. The number of carbonyl (C=O) groups is 1. The second-order valence-corrected chi connectivity index (χ2v) is 9.75. The van der Waals surface area contributed by atoms with E-state index in [9.17, 15) is 9.90 Å². The molecule has 0 aliphatic heterocycles. The Kier molecular flexibility index (Phi) is 3.89. The molecule has 0 unspecified atom stereocenters. The van der Waals surface area contributed by atoms with Gasteiger partial charge in [0.25, 0.3) is 0 Å². The summed E-state index contributed by atoms with van der Waals surface area (Å²) in [7, 11) is 0. The van der Waals surface area contributed by atoms with Crippen LogP contribution in [0.2, 0.25) is 0 Å². The topological polar surface area (TPSA) is 37.3 Å². The van der Waals surface area contributed by atoms with E-state index in [4.69, 9.17) is 0 Å². The number of hydrogen-bond acceptors (Lipinski definition) is 3. The van der Waals surface area contributed by atoms with Crippen molar-refractivity contribution in [2.75, 3.05) is 5.75 Å². The van der Waals surface area contributed by atoms with Gasteiger partial charge < -0.3 is 5.11 Å². The van der Waals surface area contributed by atoms with Gasteiger partial charge in [0.1, 0.15) is 0 Å². The van der Waals surface area contributed by atoms with Crippen molar-refractivity contribution in [1.29, 1.82) is 0 Å². The molecular weight excluding hydrogens is 316 g/mol. The lowest BCUT2D eigenvalue weighted by atomic mass is 9.47. The first-order chi connectivity index (χ1) is 11.4. The SMILES string of the molecule is CCSC1=CC[C@H]2[C@@H]3CCC4=CC(=O)C=C[C@]4(C)[C@H]3[C@@H](O)C[C@]12C. The molecule has 0 amide bonds. The van der Waals surface area contributed by atoms with Gasteiger partial charge in [-0.2, -0.15) is 0 Å².